The lowest BCUT2D eigenvalue weighted by atomic mass is 9.99. The van der Waals surface area contributed by atoms with Gasteiger partial charge >= 0.3 is 0 Å². The highest BCUT2D eigenvalue weighted by Crippen LogP contribution is 2.25. The van der Waals surface area contributed by atoms with Gasteiger partial charge in [0, 0.05) is 16.8 Å². The molecule has 2 aromatic heterocycles. The van der Waals surface area contributed by atoms with Gasteiger partial charge in [0.25, 0.3) is 5.56 Å². The van der Waals surface area contributed by atoms with Gasteiger partial charge in [-0.25, -0.2) is 0 Å². The molecule has 2 heterocycles. The Bertz CT molecular complexity index is 954. The highest BCUT2D eigenvalue weighted by atomic mass is 35.5. The first-order valence-electron chi connectivity index (χ1n) is 6.82. The van der Waals surface area contributed by atoms with Crippen molar-refractivity contribution in [3.8, 4) is 28.5 Å². The number of pyridine rings is 1. The number of H-pyrrole nitrogens is 1. The lowest BCUT2D eigenvalue weighted by Gasteiger charge is -2.07. The third-order valence-electron chi connectivity index (χ3n) is 3.40. The Morgan fingerprint density at radius 2 is 1.78 bits per heavy atom. The average molecular weight is 323 g/mol. The smallest absolute Gasteiger partial charge is 0.266 e. The lowest BCUT2D eigenvalue weighted by Crippen LogP contribution is -2.12. The second kappa shape index (κ2) is 6.03. The number of nitriles is 1. The summed E-state index contributed by atoms with van der Waals surface area (Å²) in [5, 5.41) is 17.4. The minimum absolute atomic E-state index is 0.106. The second-order valence-corrected chi connectivity index (χ2v) is 5.39. The maximum absolute atomic E-state index is 11.9. The highest BCUT2D eigenvalue weighted by Gasteiger charge is 2.10. The molecule has 0 amide bonds. The van der Waals surface area contributed by atoms with Gasteiger partial charge in [-0.05, 0) is 30.7 Å². The third-order valence-corrected chi connectivity index (χ3v) is 3.60. The summed E-state index contributed by atoms with van der Waals surface area (Å²) in [6.45, 7) is 1.78. The molecule has 0 aliphatic rings. The first kappa shape index (κ1) is 14.9. The van der Waals surface area contributed by atoms with Crippen molar-refractivity contribution in [1.29, 1.82) is 5.26 Å². The fourth-order valence-corrected chi connectivity index (χ4v) is 2.42. The summed E-state index contributed by atoms with van der Waals surface area (Å²) < 4.78 is 0. The molecule has 0 spiro atoms. The predicted molar refractivity (Wildman–Crippen MR) is 88.0 cm³/mol. The van der Waals surface area contributed by atoms with Crippen LogP contribution in [0.25, 0.3) is 22.4 Å². The van der Waals surface area contributed by atoms with E-state index in [4.69, 9.17) is 11.6 Å². The van der Waals surface area contributed by atoms with Crippen LogP contribution in [0.2, 0.25) is 5.15 Å². The molecule has 0 radical (unpaired) electrons. The molecule has 0 bridgehead atoms. The maximum Gasteiger partial charge on any atom is 0.266 e. The minimum atomic E-state index is -0.379. The number of aromatic amines is 1. The molecule has 3 aromatic rings. The molecule has 1 N–H and O–H groups in total. The van der Waals surface area contributed by atoms with Crippen LogP contribution < -0.4 is 5.56 Å². The number of hydrogen-bond donors (Lipinski definition) is 1. The molecule has 0 saturated carbocycles. The van der Waals surface area contributed by atoms with Crippen molar-refractivity contribution in [1.82, 2.24) is 15.2 Å². The van der Waals surface area contributed by atoms with E-state index in [1.54, 1.807) is 25.1 Å². The highest BCUT2D eigenvalue weighted by molar-refractivity contribution is 6.29. The first-order valence-corrected chi connectivity index (χ1v) is 7.20. The summed E-state index contributed by atoms with van der Waals surface area (Å²) in [4.78, 5) is 14.5. The third kappa shape index (κ3) is 2.98. The molecule has 5 nitrogen and oxygen atoms in total. The molecule has 0 aliphatic carbocycles. The molecule has 112 valence electrons. The molecule has 0 aliphatic heterocycles. The molecular formula is C17H11ClN4O. The number of rotatable bonds is 2. The fourth-order valence-electron chi connectivity index (χ4n) is 2.32. The van der Waals surface area contributed by atoms with Crippen molar-refractivity contribution in [3.05, 3.63) is 69.2 Å². The molecule has 23 heavy (non-hydrogen) atoms. The SMILES string of the molecule is Cc1cc(-c2ccc(-c3ccc(Cl)nn3)cc2)c(C#N)c(=O)[nH]1. The minimum Gasteiger partial charge on any atom is -0.325 e. The maximum atomic E-state index is 11.9. The first-order chi connectivity index (χ1) is 11.1. The van der Waals surface area contributed by atoms with Crippen molar-refractivity contribution >= 4 is 11.6 Å². The van der Waals surface area contributed by atoms with E-state index in [9.17, 15) is 10.1 Å². The van der Waals surface area contributed by atoms with Gasteiger partial charge in [-0.3, -0.25) is 4.79 Å². The summed E-state index contributed by atoms with van der Waals surface area (Å²) in [6.07, 6.45) is 0. The van der Waals surface area contributed by atoms with E-state index in [-0.39, 0.29) is 11.1 Å². The number of nitrogens with one attached hydrogen (secondary N) is 1. The second-order valence-electron chi connectivity index (χ2n) is 5.00. The summed E-state index contributed by atoms with van der Waals surface area (Å²) in [6, 6.07) is 14.6. The molecule has 1 aromatic carbocycles. The van der Waals surface area contributed by atoms with Crippen molar-refractivity contribution in [2.45, 2.75) is 6.92 Å². The Balaban J connectivity index is 2.05. The molecule has 6 heteroatoms. The zero-order chi connectivity index (χ0) is 16.4. The van der Waals surface area contributed by atoms with Crippen LogP contribution in [0, 0.1) is 18.3 Å². The molecule has 0 atom stereocenters. The van der Waals surface area contributed by atoms with Gasteiger partial charge in [-0.1, -0.05) is 35.9 Å². The van der Waals surface area contributed by atoms with Gasteiger partial charge < -0.3 is 4.98 Å². The van der Waals surface area contributed by atoms with Crippen LogP contribution in [0.5, 0.6) is 0 Å². The molecule has 0 unspecified atom stereocenters. The van der Waals surface area contributed by atoms with Crippen molar-refractivity contribution in [2.75, 3.05) is 0 Å². The van der Waals surface area contributed by atoms with E-state index in [1.165, 1.54) is 0 Å². The molecule has 0 fully saturated rings. The van der Waals surface area contributed by atoms with Crippen LogP contribution in [0.3, 0.4) is 0 Å². The number of aryl methyl sites for hydroxylation is 1. The normalized spacial score (nSPS) is 10.3. The summed E-state index contributed by atoms with van der Waals surface area (Å²) in [5.74, 6) is 0. The Hall–Kier alpha value is -2.97. The van der Waals surface area contributed by atoms with Gasteiger partial charge in [-0.2, -0.15) is 5.26 Å². The van der Waals surface area contributed by atoms with E-state index in [0.717, 1.165) is 11.1 Å². The van der Waals surface area contributed by atoms with Crippen LogP contribution in [-0.2, 0) is 0 Å². The van der Waals surface area contributed by atoms with Crippen LogP contribution in [0.1, 0.15) is 11.3 Å². The number of benzene rings is 1. The Kier molecular flexibility index (Phi) is 3.92. The van der Waals surface area contributed by atoms with Gasteiger partial charge in [0.15, 0.2) is 5.15 Å². The largest absolute Gasteiger partial charge is 0.325 e. The standard InChI is InChI=1S/C17H11ClN4O/c1-10-8-13(14(9-19)17(23)20-10)11-2-4-12(5-3-11)15-6-7-16(18)22-21-15/h2-8H,1H3,(H,20,23). The van der Waals surface area contributed by atoms with Gasteiger partial charge in [-0.15, -0.1) is 10.2 Å². The molecule has 3 rings (SSSR count). The summed E-state index contributed by atoms with van der Waals surface area (Å²) >= 11 is 5.73. The molecule has 0 saturated heterocycles. The lowest BCUT2D eigenvalue weighted by molar-refractivity contribution is 1.04. The number of aromatic nitrogens is 3. The number of nitrogens with zero attached hydrogens (tertiary/aromatic N) is 3. The number of hydrogen-bond acceptors (Lipinski definition) is 4. The van der Waals surface area contributed by atoms with E-state index in [0.29, 0.717) is 22.1 Å². The van der Waals surface area contributed by atoms with Crippen molar-refractivity contribution in [3.63, 3.8) is 0 Å². The van der Waals surface area contributed by atoms with Crippen molar-refractivity contribution < 1.29 is 0 Å². The topological polar surface area (TPSA) is 82.4 Å². The predicted octanol–water partition coefficient (Wildman–Crippen LogP) is 3.33. The summed E-state index contributed by atoms with van der Waals surface area (Å²) in [7, 11) is 0. The fraction of sp³-hybridized carbons (Fsp3) is 0.0588. The Morgan fingerprint density at radius 3 is 2.39 bits per heavy atom. The van der Waals surface area contributed by atoms with Crippen LogP contribution in [0.15, 0.2) is 47.3 Å². The molecular weight excluding hydrogens is 312 g/mol. The van der Waals surface area contributed by atoms with E-state index in [1.807, 2.05) is 30.3 Å². The van der Waals surface area contributed by atoms with Crippen LogP contribution in [-0.4, -0.2) is 15.2 Å². The van der Waals surface area contributed by atoms with Crippen LogP contribution in [0.4, 0.5) is 0 Å². The van der Waals surface area contributed by atoms with E-state index in [2.05, 4.69) is 15.2 Å². The van der Waals surface area contributed by atoms with Gasteiger partial charge in [0.05, 0.1) is 5.69 Å². The van der Waals surface area contributed by atoms with Crippen molar-refractivity contribution in [2.24, 2.45) is 0 Å². The Morgan fingerprint density at radius 1 is 1.09 bits per heavy atom. The monoisotopic (exact) mass is 322 g/mol. The van der Waals surface area contributed by atoms with E-state index >= 15 is 0 Å². The quantitative estimate of drug-likeness (QED) is 0.784. The Labute approximate surface area is 137 Å². The average Bonchev–Trinajstić information content (AvgIpc) is 2.55. The number of halogens is 1. The van der Waals surface area contributed by atoms with Gasteiger partial charge in [0.2, 0.25) is 0 Å². The van der Waals surface area contributed by atoms with Crippen LogP contribution >= 0.6 is 11.6 Å². The van der Waals surface area contributed by atoms with Gasteiger partial charge in [0.1, 0.15) is 11.6 Å². The zero-order valence-corrected chi connectivity index (χ0v) is 12.9. The summed E-state index contributed by atoms with van der Waals surface area (Å²) in [5.41, 5.74) is 3.41. The van der Waals surface area contributed by atoms with E-state index < -0.39 is 0 Å². The zero-order valence-electron chi connectivity index (χ0n) is 12.2.